The molecule has 4 fully saturated rings. The molecule has 3 heterocycles. The van der Waals surface area contributed by atoms with Gasteiger partial charge in [-0.15, -0.1) is 6.58 Å². The van der Waals surface area contributed by atoms with E-state index in [0.29, 0.717) is 30.8 Å². The number of carboxylic acids is 1. The van der Waals surface area contributed by atoms with Gasteiger partial charge in [0.1, 0.15) is 0 Å². The molecule has 1 saturated carbocycles. The predicted molar refractivity (Wildman–Crippen MR) is 92.6 cm³/mol. The predicted octanol–water partition coefficient (Wildman–Crippen LogP) is 2.42. The van der Waals surface area contributed by atoms with Gasteiger partial charge in [0.15, 0.2) is 0 Å². The van der Waals surface area contributed by atoms with Crippen molar-refractivity contribution in [1.82, 2.24) is 10.2 Å². The van der Waals surface area contributed by atoms with Crippen LogP contribution in [0.4, 0.5) is 0 Å². The van der Waals surface area contributed by atoms with E-state index in [9.17, 15) is 9.59 Å². The molecule has 1 amide bonds. The Balaban J connectivity index is 1.49. The first-order valence-electron chi connectivity index (χ1n) is 9.36. The van der Waals surface area contributed by atoms with Crippen LogP contribution >= 0.6 is 0 Å². The molecule has 4 aliphatic rings. The standard InChI is InChI=1S/C19H30N2O3/c1-2-14-13-21-8-5-15(14)9-16(21)12-20-17(22)10-19(11-18(23)24)6-3-4-7-19/h2,14-16H,1,3-13H2,(H,20,22)(H,23,24). The summed E-state index contributed by atoms with van der Waals surface area (Å²) >= 11 is 0. The third kappa shape index (κ3) is 3.82. The molecule has 1 aliphatic carbocycles. The van der Waals surface area contributed by atoms with Gasteiger partial charge in [0.05, 0.1) is 6.42 Å². The Labute approximate surface area is 144 Å². The molecule has 5 heteroatoms. The minimum atomic E-state index is -0.782. The van der Waals surface area contributed by atoms with Crippen LogP contribution in [-0.4, -0.2) is 47.6 Å². The first-order chi connectivity index (χ1) is 11.5. The number of aliphatic carboxylic acids is 1. The molecule has 0 spiro atoms. The third-order valence-corrected chi connectivity index (χ3v) is 6.49. The van der Waals surface area contributed by atoms with Crippen LogP contribution in [0.25, 0.3) is 0 Å². The Morgan fingerprint density at radius 1 is 1.29 bits per heavy atom. The average molecular weight is 334 g/mol. The van der Waals surface area contributed by atoms with Crippen LogP contribution in [0.5, 0.6) is 0 Å². The first kappa shape index (κ1) is 17.5. The van der Waals surface area contributed by atoms with Gasteiger partial charge in [-0.1, -0.05) is 18.9 Å². The van der Waals surface area contributed by atoms with Crippen molar-refractivity contribution in [2.45, 2.75) is 57.4 Å². The van der Waals surface area contributed by atoms with Crippen molar-refractivity contribution in [1.29, 1.82) is 0 Å². The van der Waals surface area contributed by atoms with Crippen LogP contribution in [0.2, 0.25) is 0 Å². The quantitative estimate of drug-likeness (QED) is 0.702. The van der Waals surface area contributed by atoms with Crippen molar-refractivity contribution in [3.8, 4) is 0 Å². The Morgan fingerprint density at radius 3 is 2.62 bits per heavy atom. The molecule has 0 radical (unpaired) electrons. The summed E-state index contributed by atoms with van der Waals surface area (Å²) in [6.45, 7) is 6.83. The van der Waals surface area contributed by atoms with Gasteiger partial charge in [-0.3, -0.25) is 14.5 Å². The Bertz CT molecular complexity index is 499. The molecular formula is C19H30N2O3. The Kier molecular flexibility index (Phi) is 5.28. The summed E-state index contributed by atoms with van der Waals surface area (Å²) in [5, 5.41) is 12.3. The number of carbonyl (C=O) groups is 2. The summed E-state index contributed by atoms with van der Waals surface area (Å²) in [7, 11) is 0. The largest absolute Gasteiger partial charge is 0.481 e. The van der Waals surface area contributed by atoms with Gasteiger partial charge < -0.3 is 10.4 Å². The summed E-state index contributed by atoms with van der Waals surface area (Å²) in [4.78, 5) is 26.0. The fourth-order valence-electron chi connectivity index (χ4n) is 5.16. The monoisotopic (exact) mass is 334 g/mol. The summed E-state index contributed by atoms with van der Waals surface area (Å²) in [5.74, 6) is 0.558. The van der Waals surface area contributed by atoms with E-state index in [1.165, 1.54) is 6.42 Å². The van der Waals surface area contributed by atoms with E-state index >= 15 is 0 Å². The molecular weight excluding hydrogens is 304 g/mol. The number of carbonyl (C=O) groups excluding carboxylic acids is 1. The lowest BCUT2D eigenvalue weighted by atomic mass is 9.75. The molecule has 2 bridgehead atoms. The maximum atomic E-state index is 12.4. The minimum Gasteiger partial charge on any atom is -0.481 e. The smallest absolute Gasteiger partial charge is 0.303 e. The lowest BCUT2D eigenvalue weighted by Gasteiger charge is -2.49. The number of fused-ring (bicyclic) bond motifs is 3. The van der Waals surface area contributed by atoms with Crippen molar-refractivity contribution in [2.75, 3.05) is 19.6 Å². The normalized spacial score (nSPS) is 34.0. The van der Waals surface area contributed by atoms with E-state index in [4.69, 9.17) is 5.11 Å². The van der Waals surface area contributed by atoms with Gasteiger partial charge in [0.25, 0.3) is 0 Å². The lowest BCUT2D eigenvalue weighted by molar-refractivity contribution is -0.140. The second-order valence-electron chi connectivity index (χ2n) is 8.09. The zero-order valence-electron chi connectivity index (χ0n) is 14.5. The molecule has 4 unspecified atom stereocenters. The molecule has 3 saturated heterocycles. The zero-order valence-corrected chi connectivity index (χ0v) is 14.5. The number of hydrogen-bond donors (Lipinski definition) is 2. The van der Waals surface area contributed by atoms with Gasteiger partial charge >= 0.3 is 5.97 Å². The fourth-order valence-corrected chi connectivity index (χ4v) is 5.16. The lowest BCUT2D eigenvalue weighted by Crippen LogP contribution is -2.56. The van der Waals surface area contributed by atoms with Crippen LogP contribution in [0.3, 0.4) is 0 Å². The Morgan fingerprint density at radius 2 is 2.04 bits per heavy atom. The number of nitrogens with one attached hydrogen (secondary N) is 1. The number of rotatable bonds is 7. The summed E-state index contributed by atoms with van der Waals surface area (Å²) in [6.07, 6.45) is 8.77. The van der Waals surface area contributed by atoms with Crippen LogP contribution in [-0.2, 0) is 9.59 Å². The molecule has 0 aromatic heterocycles. The zero-order chi connectivity index (χ0) is 17.2. The van der Waals surface area contributed by atoms with Crippen molar-refractivity contribution in [3.63, 3.8) is 0 Å². The number of amides is 1. The molecule has 0 aromatic rings. The second-order valence-corrected chi connectivity index (χ2v) is 8.09. The highest BCUT2D eigenvalue weighted by atomic mass is 16.4. The van der Waals surface area contributed by atoms with E-state index in [-0.39, 0.29) is 17.7 Å². The van der Waals surface area contributed by atoms with Crippen LogP contribution in [0.15, 0.2) is 12.7 Å². The maximum absolute atomic E-state index is 12.4. The van der Waals surface area contributed by atoms with Crippen LogP contribution in [0.1, 0.15) is 51.4 Å². The van der Waals surface area contributed by atoms with Crippen LogP contribution in [0, 0.1) is 17.3 Å². The highest BCUT2D eigenvalue weighted by Gasteiger charge is 2.40. The molecule has 134 valence electrons. The number of carboxylic acid groups (broad SMARTS) is 1. The van der Waals surface area contributed by atoms with Crippen molar-refractivity contribution < 1.29 is 14.7 Å². The molecule has 0 aromatic carbocycles. The molecule has 2 N–H and O–H groups in total. The van der Waals surface area contributed by atoms with E-state index in [2.05, 4.69) is 22.9 Å². The van der Waals surface area contributed by atoms with Gasteiger partial charge in [0, 0.05) is 25.6 Å². The van der Waals surface area contributed by atoms with Crippen molar-refractivity contribution >= 4 is 11.9 Å². The summed E-state index contributed by atoms with van der Waals surface area (Å²) in [6, 6.07) is 0.433. The van der Waals surface area contributed by atoms with Crippen molar-refractivity contribution in [2.24, 2.45) is 17.3 Å². The SMILES string of the molecule is C=CC1CN2CCC1CC2CNC(=O)CC1(CC(=O)O)CCCC1. The maximum Gasteiger partial charge on any atom is 0.303 e. The molecule has 4 atom stereocenters. The minimum absolute atomic E-state index is 0.0288. The highest BCUT2D eigenvalue weighted by Crippen LogP contribution is 2.44. The topological polar surface area (TPSA) is 69.6 Å². The van der Waals surface area contributed by atoms with Crippen LogP contribution < -0.4 is 5.32 Å². The molecule has 24 heavy (non-hydrogen) atoms. The molecule has 3 aliphatic heterocycles. The van der Waals surface area contributed by atoms with Crippen molar-refractivity contribution in [3.05, 3.63) is 12.7 Å². The number of nitrogens with zero attached hydrogens (tertiary/aromatic N) is 1. The molecule has 5 nitrogen and oxygen atoms in total. The molecule has 4 rings (SSSR count). The summed E-state index contributed by atoms with van der Waals surface area (Å²) < 4.78 is 0. The van der Waals surface area contributed by atoms with E-state index in [1.54, 1.807) is 0 Å². The third-order valence-electron chi connectivity index (χ3n) is 6.49. The summed E-state index contributed by atoms with van der Waals surface area (Å²) in [5.41, 5.74) is -0.310. The number of hydrogen-bond acceptors (Lipinski definition) is 3. The van der Waals surface area contributed by atoms with Gasteiger partial charge in [-0.25, -0.2) is 0 Å². The van der Waals surface area contributed by atoms with Gasteiger partial charge in [-0.05, 0) is 49.5 Å². The van der Waals surface area contributed by atoms with Gasteiger partial charge in [0.2, 0.25) is 5.91 Å². The fraction of sp³-hybridized carbons (Fsp3) is 0.789. The number of piperidine rings is 3. The van der Waals surface area contributed by atoms with E-state index in [0.717, 1.165) is 45.2 Å². The van der Waals surface area contributed by atoms with E-state index < -0.39 is 5.97 Å². The second kappa shape index (κ2) is 7.26. The van der Waals surface area contributed by atoms with Gasteiger partial charge in [-0.2, -0.15) is 0 Å². The Hall–Kier alpha value is -1.36. The first-order valence-corrected chi connectivity index (χ1v) is 9.36. The van der Waals surface area contributed by atoms with E-state index in [1.807, 2.05) is 0 Å². The highest BCUT2D eigenvalue weighted by molar-refractivity contribution is 5.78. The average Bonchev–Trinajstić information content (AvgIpc) is 3.00.